The number of hydrogen-bond donors (Lipinski definition) is 0. The summed E-state index contributed by atoms with van der Waals surface area (Å²) in [6, 6.07) is 33.2. The van der Waals surface area contributed by atoms with E-state index < -0.39 is 9.84 Å². The van der Waals surface area contributed by atoms with Gasteiger partial charge in [-0.3, -0.25) is 0 Å². The van der Waals surface area contributed by atoms with Crippen molar-refractivity contribution in [1.29, 1.82) is 0 Å². The fraction of sp³-hybridized carbons (Fsp3) is 0.0667. The van der Waals surface area contributed by atoms with Crippen LogP contribution < -0.4 is 0 Å². The first-order valence-corrected chi connectivity index (χ1v) is 12.4. The first kappa shape index (κ1) is 22.5. The maximum Gasteiger partial charge on any atom is 0.200 e. The lowest BCUT2D eigenvalue weighted by Gasteiger charge is -2.08. The van der Waals surface area contributed by atoms with Crippen molar-refractivity contribution in [2.24, 2.45) is 0 Å². The minimum Gasteiger partial charge on any atom is -0.219 e. The Morgan fingerprint density at radius 3 is 1.79 bits per heavy atom. The van der Waals surface area contributed by atoms with Crippen LogP contribution >= 0.6 is 0 Å². The molecule has 0 N–H and O–H groups in total. The van der Waals surface area contributed by atoms with Gasteiger partial charge >= 0.3 is 0 Å². The molecule has 0 aliphatic heterocycles. The summed E-state index contributed by atoms with van der Waals surface area (Å²) in [5.41, 5.74) is 6.90. The second kappa shape index (κ2) is 9.85. The monoisotopic (exact) mass is 450 g/mol. The molecular formula is C30H26O2S. The van der Waals surface area contributed by atoms with Gasteiger partial charge in [0.25, 0.3) is 0 Å². The third-order valence-electron chi connectivity index (χ3n) is 5.49. The van der Waals surface area contributed by atoms with Crippen LogP contribution in [0.4, 0.5) is 0 Å². The fourth-order valence-corrected chi connectivity index (χ4v) is 4.72. The molecule has 0 aliphatic carbocycles. The number of benzene rings is 4. The highest BCUT2D eigenvalue weighted by atomic mass is 32.2. The summed E-state index contributed by atoms with van der Waals surface area (Å²) >= 11 is 0. The average molecular weight is 451 g/mol. The molecule has 4 aromatic carbocycles. The Morgan fingerprint density at radius 2 is 1.18 bits per heavy atom. The van der Waals surface area contributed by atoms with Crippen LogP contribution in [0.5, 0.6) is 0 Å². The maximum absolute atomic E-state index is 13.2. The number of rotatable bonds is 6. The van der Waals surface area contributed by atoms with Gasteiger partial charge < -0.3 is 0 Å². The predicted molar refractivity (Wildman–Crippen MR) is 138 cm³/mol. The summed E-state index contributed by atoms with van der Waals surface area (Å²) in [5, 5.41) is 1.36. The third kappa shape index (κ3) is 5.76. The molecule has 0 spiro atoms. The molecule has 0 saturated carbocycles. The first-order chi connectivity index (χ1) is 15.9. The standard InChI is InChI=1S/C30H26O2S/c1-23-8-12-25(13-9-23)14-15-29(22-33(31,32)30-20-10-24(2)11-21-30)28-18-16-27(17-19-28)26-6-4-3-5-7-26/h3-22H,1-2H3/b15-14+,29-22+. The SMILES string of the molecule is Cc1ccc(/C=C/C(=C\S(=O)(=O)c2ccc(C)cc2)c2ccc(-c3ccccc3)cc2)cc1. The van der Waals surface area contributed by atoms with Gasteiger partial charge in [-0.1, -0.05) is 114 Å². The van der Waals surface area contributed by atoms with Gasteiger partial charge in [-0.05, 0) is 53.8 Å². The molecule has 4 aromatic rings. The molecule has 0 radical (unpaired) electrons. The van der Waals surface area contributed by atoms with Gasteiger partial charge in [-0.25, -0.2) is 8.42 Å². The summed E-state index contributed by atoms with van der Waals surface area (Å²) in [7, 11) is -3.61. The van der Waals surface area contributed by atoms with Crippen LogP contribution in [0, 0.1) is 13.8 Å². The van der Waals surface area contributed by atoms with E-state index in [4.69, 9.17) is 0 Å². The highest BCUT2D eigenvalue weighted by molar-refractivity contribution is 7.94. The zero-order chi connectivity index (χ0) is 23.3. The molecule has 0 heterocycles. The quantitative estimate of drug-likeness (QED) is 0.285. The van der Waals surface area contributed by atoms with Crippen molar-refractivity contribution in [2.45, 2.75) is 18.7 Å². The molecule has 0 unspecified atom stereocenters. The Labute approximate surface area is 196 Å². The average Bonchev–Trinajstić information content (AvgIpc) is 2.84. The Hall–Kier alpha value is -3.69. The number of hydrogen-bond acceptors (Lipinski definition) is 2. The Kier molecular flexibility index (Phi) is 6.71. The summed E-state index contributed by atoms with van der Waals surface area (Å²) in [6.07, 6.45) is 3.81. The largest absolute Gasteiger partial charge is 0.219 e. The van der Waals surface area contributed by atoms with Crippen LogP contribution in [0.1, 0.15) is 22.3 Å². The molecule has 2 nitrogen and oxygen atoms in total. The van der Waals surface area contributed by atoms with E-state index >= 15 is 0 Å². The van der Waals surface area contributed by atoms with E-state index in [-0.39, 0.29) is 4.90 Å². The lowest BCUT2D eigenvalue weighted by Crippen LogP contribution is -1.98. The van der Waals surface area contributed by atoms with Gasteiger partial charge in [0.1, 0.15) is 0 Å². The summed E-state index contributed by atoms with van der Waals surface area (Å²) < 4.78 is 26.3. The lowest BCUT2D eigenvalue weighted by atomic mass is 10.0. The highest BCUT2D eigenvalue weighted by Gasteiger charge is 2.13. The van der Waals surface area contributed by atoms with Crippen molar-refractivity contribution in [3.63, 3.8) is 0 Å². The van der Waals surface area contributed by atoms with Crippen LogP contribution in [-0.4, -0.2) is 8.42 Å². The van der Waals surface area contributed by atoms with E-state index in [2.05, 4.69) is 12.1 Å². The molecule has 164 valence electrons. The third-order valence-corrected chi connectivity index (χ3v) is 6.98. The zero-order valence-electron chi connectivity index (χ0n) is 18.8. The molecule has 33 heavy (non-hydrogen) atoms. The van der Waals surface area contributed by atoms with E-state index in [0.29, 0.717) is 5.57 Å². The number of aryl methyl sites for hydroxylation is 2. The topological polar surface area (TPSA) is 34.1 Å². The van der Waals surface area contributed by atoms with Crippen molar-refractivity contribution >= 4 is 21.5 Å². The minimum absolute atomic E-state index is 0.287. The van der Waals surface area contributed by atoms with Gasteiger partial charge in [0.05, 0.1) is 4.90 Å². The molecule has 0 aromatic heterocycles. The van der Waals surface area contributed by atoms with Crippen LogP contribution in [0.25, 0.3) is 22.8 Å². The van der Waals surface area contributed by atoms with Crippen LogP contribution in [0.2, 0.25) is 0 Å². The van der Waals surface area contributed by atoms with Gasteiger partial charge in [-0.2, -0.15) is 0 Å². The number of allylic oxidation sites excluding steroid dienone is 2. The van der Waals surface area contributed by atoms with Gasteiger partial charge in [0, 0.05) is 5.41 Å². The predicted octanol–water partition coefficient (Wildman–Crippen LogP) is 7.50. The smallest absolute Gasteiger partial charge is 0.200 e. The van der Waals surface area contributed by atoms with Gasteiger partial charge in [0.15, 0.2) is 9.84 Å². The summed E-state index contributed by atoms with van der Waals surface area (Å²) in [5.74, 6) is 0. The van der Waals surface area contributed by atoms with Crippen molar-refractivity contribution < 1.29 is 8.42 Å². The van der Waals surface area contributed by atoms with Gasteiger partial charge in [0.2, 0.25) is 0 Å². The molecular weight excluding hydrogens is 424 g/mol. The Balaban J connectivity index is 1.74. The Morgan fingerprint density at radius 1 is 0.636 bits per heavy atom. The molecule has 0 aliphatic rings. The highest BCUT2D eigenvalue weighted by Crippen LogP contribution is 2.26. The van der Waals surface area contributed by atoms with Gasteiger partial charge in [-0.15, -0.1) is 0 Å². The second-order valence-corrected chi connectivity index (χ2v) is 9.92. The second-order valence-electron chi connectivity index (χ2n) is 8.12. The van der Waals surface area contributed by atoms with E-state index in [0.717, 1.165) is 27.8 Å². The molecule has 0 saturated heterocycles. The molecule has 0 amide bonds. The molecule has 0 atom stereocenters. The van der Waals surface area contributed by atoms with E-state index in [9.17, 15) is 8.42 Å². The fourth-order valence-electron chi connectivity index (χ4n) is 3.52. The first-order valence-electron chi connectivity index (χ1n) is 10.8. The minimum atomic E-state index is -3.61. The molecule has 0 bridgehead atoms. The lowest BCUT2D eigenvalue weighted by molar-refractivity contribution is 0.604. The van der Waals surface area contributed by atoms with Crippen molar-refractivity contribution in [3.8, 4) is 11.1 Å². The zero-order valence-corrected chi connectivity index (χ0v) is 19.6. The van der Waals surface area contributed by atoms with E-state index in [1.165, 1.54) is 11.0 Å². The summed E-state index contributed by atoms with van der Waals surface area (Å²) in [6.45, 7) is 3.98. The van der Waals surface area contributed by atoms with E-state index in [1.807, 2.05) is 105 Å². The Bertz CT molecular complexity index is 1380. The molecule has 0 fully saturated rings. The van der Waals surface area contributed by atoms with Crippen LogP contribution in [0.15, 0.2) is 120 Å². The van der Waals surface area contributed by atoms with Crippen molar-refractivity contribution in [1.82, 2.24) is 0 Å². The van der Waals surface area contributed by atoms with Crippen LogP contribution in [-0.2, 0) is 9.84 Å². The van der Waals surface area contributed by atoms with Crippen molar-refractivity contribution in [3.05, 3.63) is 137 Å². The molecule has 4 rings (SSSR count). The molecule has 3 heteroatoms. The normalized spacial score (nSPS) is 12.2. The van der Waals surface area contributed by atoms with Crippen molar-refractivity contribution in [2.75, 3.05) is 0 Å². The summed E-state index contributed by atoms with van der Waals surface area (Å²) in [4.78, 5) is 0.287. The number of sulfone groups is 1. The van der Waals surface area contributed by atoms with E-state index in [1.54, 1.807) is 12.1 Å². The van der Waals surface area contributed by atoms with Crippen LogP contribution in [0.3, 0.4) is 0 Å². The maximum atomic E-state index is 13.2.